The van der Waals surface area contributed by atoms with Crippen LogP contribution in [0.15, 0.2) is 0 Å². The molecule has 5 heteroatoms. The summed E-state index contributed by atoms with van der Waals surface area (Å²) in [5.74, 6) is 0. The molecule has 3 unspecified atom stereocenters. The van der Waals surface area contributed by atoms with Gasteiger partial charge in [0, 0.05) is 31.7 Å². The van der Waals surface area contributed by atoms with E-state index in [2.05, 4.69) is 4.90 Å². The zero-order valence-electron chi connectivity index (χ0n) is 14.9. The number of rotatable bonds is 2. The third-order valence-corrected chi connectivity index (χ3v) is 5.30. The van der Waals surface area contributed by atoms with Crippen molar-refractivity contribution in [3.63, 3.8) is 0 Å². The van der Waals surface area contributed by atoms with E-state index < -0.39 is 5.60 Å². The zero-order chi connectivity index (χ0) is 16.4. The molecule has 3 aliphatic rings. The third-order valence-electron chi connectivity index (χ3n) is 5.30. The van der Waals surface area contributed by atoms with Gasteiger partial charge in [-0.25, -0.2) is 4.79 Å². The van der Waals surface area contributed by atoms with E-state index in [9.17, 15) is 4.79 Å². The molecule has 1 amide bonds. The van der Waals surface area contributed by atoms with E-state index in [0.29, 0.717) is 18.2 Å². The molecule has 3 atom stereocenters. The maximum Gasteiger partial charge on any atom is 0.410 e. The van der Waals surface area contributed by atoms with Gasteiger partial charge in [0.25, 0.3) is 0 Å². The number of likely N-dealkylation sites (tertiary alicyclic amines) is 1. The van der Waals surface area contributed by atoms with E-state index in [4.69, 9.17) is 9.47 Å². The Kier molecular flexibility index (Phi) is 5.16. The van der Waals surface area contributed by atoms with Crippen LogP contribution in [-0.4, -0.2) is 65.9 Å². The lowest BCUT2D eigenvalue weighted by molar-refractivity contribution is -0.0927. The van der Waals surface area contributed by atoms with Crippen LogP contribution in [0.4, 0.5) is 4.79 Å². The number of ether oxygens (including phenoxy) is 2. The van der Waals surface area contributed by atoms with Crippen molar-refractivity contribution < 1.29 is 14.3 Å². The van der Waals surface area contributed by atoms with E-state index in [-0.39, 0.29) is 6.09 Å². The zero-order valence-corrected chi connectivity index (χ0v) is 14.9. The van der Waals surface area contributed by atoms with Crippen LogP contribution in [0.3, 0.4) is 0 Å². The van der Waals surface area contributed by atoms with Crippen molar-refractivity contribution in [2.75, 3.05) is 26.2 Å². The van der Waals surface area contributed by atoms with Crippen LogP contribution >= 0.6 is 0 Å². The first-order valence-corrected chi connectivity index (χ1v) is 9.29. The molecule has 3 rings (SSSR count). The Hall–Kier alpha value is -0.810. The predicted octanol–water partition coefficient (Wildman–Crippen LogP) is 3.03. The second-order valence-electron chi connectivity index (χ2n) is 8.23. The molecule has 3 fully saturated rings. The minimum atomic E-state index is -0.419. The Morgan fingerprint density at radius 1 is 1.13 bits per heavy atom. The average molecular weight is 324 g/mol. The van der Waals surface area contributed by atoms with Crippen LogP contribution in [0.25, 0.3) is 0 Å². The molecule has 132 valence electrons. The molecule has 1 saturated carbocycles. The van der Waals surface area contributed by atoms with Gasteiger partial charge < -0.3 is 14.4 Å². The number of carbonyl (C=O) groups is 1. The molecule has 0 N–H and O–H groups in total. The summed E-state index contributed by atoms with van der Waals surface area (Å²) in [6.45, 7) is 9.45. The summed E-state index contributed by atoms with van der Waals surface area (Å²) in [5.41, 5.74) is -0.419. The van der Waals surface area contributed by atoms with E-state index in [1.54, 1.807) is 0 Å². The van der Waals surface area contributed by atoms with Gasteiger partial charge in [-0.2, -0.15) is 0 Å². The molecule has 0 aromatic carbocycles. The number of hydrogen-bond acceptors (Lipinski definition) is 4. The van der Waals surface area contributed by atoms with Crippen LogP contribution in [0.5, 0.6) is 0 Å². The van der Waals surface area contributed by atoms with Gasteiger partial charge in [0.15, 0.2) is 0 Å². The Bertz CT molecular complexity index is 419. The third kappa shape index (κ3) is 4.18. The van der Waals surface area contributed by atoms with Gasteiger partial charge in [-0.1, -0.05) is 12.8 Å². The molecule has 2 saturated heterocycles. The van der Waals surface area contributed by atoms with Crippen LogP contribution in [0, 0.1) is 0 Å². The Balaban J connectivity index is 1.60. The average Bonchev–Trinajstić information content (AvgIpc) is 2.94. The summed E-state index contributed by atoms with van der Waals surface area (Å²) in [5, 5.41) is 0. The topological polar surface area (TPSA) is 42.0 Å². The van der Waals surface area contributed by atoms with Crippen molar-refractivity contribution in [2.45, 2.75) is 83.1 Å². The summed E-state index contributed by atoms with van der Waals surface area (Å²) in [4.78, 5) is 17.0. The first kappa shape index (κ1) is 17.0. The molecular weight excluding hydrogens is 292 g/mol. The van der Waals surface area contributed by atoms with E-state index in [0.717, 1.165) is 39.1 Å². The second-order valence-corrected chi connectivity index (χ2v) is 8.23. The summed E-state index contributed by atoms with van der Waals surface area (Å²) < 4.78 is 11.6. The largest absolute Gasteiger partial charge is 0.444 e. The highest BCUT2D eigenvalue weighted by Gasteiger charge is 2.38. The van der Waals surface area contributed by atoms with E-state index in [1.165, 1.54) is 25.7 Å². The highest BCUT2D eigenvalue weighted by Crippen LogP contribution is 2.30. The van der Waals surface area contributed by atoms with Crippen molar-refractivity contribution in [2.24, 2.45) is 0 Å². The number of hydrogen-bond donors (Lipinski definition) is 0. The standard InChI is InChI=1S/C18H32N2O3/c1-18(2,3)23-17(21)20-10-6-7-14(20)13-19-11-12-22-16-9-5-4-8-15(16)19/h14-16H,4-13H2,1-3H3. The van der Waals surface area contributed by atoms with Crippen molar-refractivity contribution in [3.8, 4) is 0 Å². The monoisotopic (exact) mass is 324 g/mol. The normalized spacial score (nSPS) is 32.7. The number of nitrogens with zero attached hydrogens (tertiary/aromatic N) is 2. The van der Waals surface area contributed by atoms with E-state index in [1.807, 2.05) is 25.7 Å². The lowest BCUT2D eigenvalue weighted by atomic mass is 9.90. The molecule has 1 aliphatic carbocycles. The quantitative estimate of drug-likeness (QED) is 0.783. The smallest absolute Gasteiger partial charge is 0.410 e. The van der Waals surface area contributed by atoms with Crippen molar-refractivity contribution in [3.05, 3.63) is 0 Å². The first-order valence-electron chi connectivity index (χ1n) is 9.29. The Morgan fingerprint density at radius 2 is 1.91 bits per heavy atom. The van der Waals surface area contributed by atoms with Crippen molar-refractivity contribution in [1.82, 2.24) is 9.80 Å². The predicted molar refractivity (Wildman–Crippen MR) is 89.5 cm³/mol. The van der Waals surface area contributed by atoms with Gasteiger partial charge in [0.05, 0.1) is 12.7 Å². The fraction of sp³-hybridized carbons (Fsp3) is 0.944. The number of fused-ring (bicyclic) bond motifs is 1. The summed E-state index contributed by atoms with van der Waals surface area (Å²) in [6, 6.07) is 0.851. The SMILES string of the molecule is CC(C)(C)OC(=O)N1CCCC1CN1CCOC2CCCCC21. The van der Waals surface area contributed by atoms with Crippen LogP contribution in [0.1, 0.15) is 59.3 Å². The molecule has 23 heavy (non-hydrogen) atoms. The van der Waals surface area contributed by atoms with Gasteiger partial charge in [-0.3, -0.25) is 4.90 Å². The van der Waals surface area contributed by atoms with Crippen LogP contribution in [0.2, 0.25) is 0 Å². The summed E-state index contributed by atoms with van der Waals surface area (Å²) in [6.07, 6.45) is 7.48. The molecule has 2 heterocycles. The lowest BCUT2D eigenvalue weighted by Crippen LogP contribution is -2.56. The maximum absolute atomic E-state index is 12.5. The minimum absolute atomic E-state index is 0.145. The second kappa shape index (κ2) is 6.98. The molecular formula is C18H32N2O3. The minimum Gasteiger partial charge on any atom is -0.444 e. The number of morpholine rings is 1. The fourth-order valence-corrected chi connectivity index (χ4v) is 4.26. The highest BCUT2D eigenvalue weighted by molar-refractivity contribution is 5.69. The molecule has 0 aromatic heterocycles. The fourth-order valence-electron chi connectivity index (χ4n) is 4.26. The van der Waals surface area contributed by atoms with Gasteiger partial charge in [0.2, 0.25) is 0 Å². The van der Waals surface area contributed by atoms with E-state index >= 15 is 0 Å². The van der Waals surface area contributed by atoms with Gasteiger partial charge >= 0.3 is 6.09 Å². The highest BCUT2D eigenvalue weighted by atomic mass is 16.6. The van der Waals surface area contributed by atoms with Gasteiger partial charge in [-0.05, 0) is 46.5 Å². The molecule has 5 nitrogen and oxygen atoms in total. The van der Waals surface area contributed by atoms with Crippen molar-refractivity contribution >= 4 is 6.09 Å². The van der Waals surface area contributed by atoms with Crippen LogP contribution in [-0.2, 0) is 9.47 Å². The Labute approximate surface area is 140 Å². The van der Waals surface area contributed by atoms with Gasteiger partial charge in [0.1, 0.15) is 5.60 Å². The first-order chi connectivity index (χ1) is 10.9. The summed E-state index contributed by atoms with van der Waals surface area (Å²) >= 11 is 0. The molecule has 0 aromatic rings. The van der Waals surface area contributed by atoms with Crippen LogP contribution < -0.4 is 0 Å². The number of amides is 1. The summed E-state index contributed by atoms with van der Waals surface area (Å²) in [7, 11) is 0. The number of carbonyl (C=O) groups excluding carboxylic acids is 1. The Morgan fingerprint density at radius 3 is 2.70 bits per heavy atom. The molecule has 0 bridgehead atoms. The molecule has 0 radical (unpaired) electrons. The molecule has 0 spiro atoms. The maximum atomic E-state index is 12.5. The molecule has 2 aliphatic heterocycles. The van der Waals surface area contributed by atoms with Crippen molar-refractivity contribution in [1.29, 1.82) is 0 Å². The van der Waals surface area contributed by atoms with Gasteiger partial charge in [-0.15, -0.1) is 0 Å². The lowest BCUT2D eigenvalue weighted by Gasteiger charge is -2.45.